The molecular weight excluding hydrogens is 614 g/mol. The van der Waals surface area contributed by atoms with Crippen molar-refractivity contribution in [3.05, 3.63) is 0 Å². The van der Waals surface area contributed by atoms with Crippen LogP contribution in [0.2, 0.25) is 0 Å². The van der Waals surface area contributed by atoms with Crippen LogP contribution < -0.4 is 10.6 Å². The molecule has 2 saturated heterocycles. The molecule has 3 amide bonds. The summed E-state index contributed by atoms with van der Waals surface area (Å²) in [4.78, 5) is 28.3. The van der Waals surface area contributed by atoms with Crippen LogP contribution in [0.1, 0.15) is 145 Å². The third kappa shape index (κ3) is 6.66. The van der Waals surface area contributed by atoms with E-state index in [0.29, 0.717) is 53.7 Å². The monoisotopic (exact) mass is 684 g/mol. The average molecular weight is 684 g/mol. The van der Waals surface area contributed by atoms with Gasteiger partial charge in [-0.3, -0.25) is 0 Å². The van der Waals surface area contributed by atoms with Crippen LogP contribution in [0.25, 0.3) is 0 Å². The largest absolute Gasteiger partial charge is 0.444 e. The molecule has 5 saturated carbocycles. The molecule has 2 N–H and O–H groups in total. The standard InChI is InChI=1S/C41H69N3O5/c1-26-15-20-41(47-25-26)27(2)35-34(48-41)24-33-31-14-13-28-23-29(16-18-39(28,6)32(31)17-19-40(33,35)7)43-36(45)44(30-11-9-8-10-12-30)22-21-42-37(46)49-38(3,4)5/h26-35H,8-25H2,1-7H3,(H,42,46)(H,43,45)/t26-,27-,28+,29+,31+,32?,33-,34-,35?,39-,40-,41+/m0/s1. The average Bonchev–Trinajstić information content (AvgIpc) is 3.49. The van der Waals surface area contributed by atoms with Crippen molar-refractivity contribution in [2.24, 2.45) is 52.3 Å². The van der Waals surface area contributed by atoms with Gasteiger partial charge in [-0.2, -0.15) is 0 Å². The fourth-order valence-electron chi connectivity index (χ4n) is 13.1. The van der Waals surface area contributed by atoms with E-state index in [0.717, 1.165) is 56.5 Å². The van der Waals surface area contributed by atoms with E-state index in [4.69, 9.17) is 14.2 Å². The van der Waals surface area contributed by atoms with Crippen molar-refractivity contribution >= 4 is 12.1 Å². The smallest absolute Gasteiger partial charge is 0.407 e. The first-order chi connectivity index (χ1) is 23.2. The zero-order chi connectivity index (χ0) is 34.8. The molecular formula is C41H69N3O5. The Morgan fingerprint density at radius 2 is 1.63 bits per heavy atom. The Bertz CT molecular complexity index is 1210. The minimum absolute atomic E-state index is 0.0643. The molecule has 0 bridgehead atoms. The lowest BCUT2D eigenvalue weighted by Crippen LogP contribution is -2.57. The highest BCUT2D eigenvalue weighted by Crippen LogP contribution is 2.71. The maximum atomic E-state index is 13.9. The maximum Gasteiger partial charge on any atom is 0.407 e. The molecule has 2 unspecified atom stereocenters. The van der Waals surface area contributed by atoms with Crippen LogP contribution in [-0.4, -0.2) is 66.3 Å². The molecule has 0 aromatic heterocycles. The van der Waals surface area contributed by atoms with E-state index in [1.165, 1.54) is 64.2 Å². The van der Waals surface area contributed by atoms with Crippen LogP contribution in [0.15, 0.2) is 0 Å². The van der Waals surface area contributed by atoms with Crippen molar-refractivity contribution in [2.75, 3.05) is 19.7 Å². The highest BCUT2D eigenvalue weighted by molar-refractivity contribution is 5.75. The van der Waals surface area contributed by atoms with Gasteiger partial charge in [0.15, 0.2) is 5.79 Å². The lowest BCUT2D eigenvalue weighted by atomic mass is 9.44. The molecule has 0 radical (unpaired) electrons. The SMILES string of the molecule is C[C@H]1CC[C@@]2(OC1)O[C@H]1C[C@H]3[C@@H]4CC[C@@H]5C[C@H](NC(=O)N(CCNC(=O)OC(C)(C)C)C6CCCCC6)CC[C@]5(C)C4CC[C@]3(C)C1[C@@H]2C. The molecule has 0 aromatic rings. The number of nitrogens with one attached hydrogen (secondary N) is 2. The Hall–Kier alpha value is -1.54. The first-order valence-corrected chi connectivity index (χ1v) is 20.6. The van der Waals surface area contributed by atoms with Gasteiger partial charge in [-0.1, -0.05) is 47.0 Å². The molecule has 8 nitrogen and oxygen atoms in total. The minimum atomic E-state index is -0.536. The summed E-state index contributed by atoms with van der Waals surface area (Å²) in [5.41, 5.74) is 0.183. The molecule has 7 aliphatic rings. The summed E-state index contributed by atoms with van der Waals surface area (Å²) in [7, 11) is 0. The number of ether oxygens (including phenoxy) is 3. The summed E-state index contributed by atoms with van der Waals surface area (Å²) >= 11 is 0. The molecule has 7 rings (SSSR count). The predicted octanol–water partition coefficient (Wildman–Crippen LogP) is 8.67. The van der Waals surface area contributed by atoms with Gasteiger partial charge in [-0.05, 0) is 138 Å². The van der Waals surface area contributed by atoms with Crippen LogP contribution >= 0.6 is 0 Å². The van der Waals surface area contributed by atoms with Gasteiger partial charge in [0.2, 0.25) is 0 Å². The number of rotatable bonds is 5. The lowest BCUT2D eigenvalue weighted by molar-refractivity contribution is -0.273. The van der Waals surface area contributed by atoms with Crippen LogP contribution in [0.3, 0.4) is 0 Å². The predicted molar refractivity (Wildman–Crippen MR) is 192 cm³/mol. The number of nitrogens with zero attached hydrogens (tertiary/aromatic N) is 1. The maximum absolute atomic E-state index is 13.9. The van der Waals surface area contributed by atoms with Gasteiger partial charge in [-0.25, -0.2) is 9.59 Å². The zero-order valence-electron chi connectivity index (χ0n) is 32.0. The number of urea groups is 1. The Kier molecular flexibility index (Phi) is 9.85. The second kappa shape index (κ2) is 13.5. The number of carbonyl (C=O) groups is 2. The van der Waals surface area contributed by atoms with E-state index in [1.54, 1.807) is 0 Å². The highest BCUT2D eigenvalue weighted by Gasteiger charge is 2.69. The zero-order valence-corrected chi connectivity index (χ0v) is 32.0. The van der Waals surface area contributed by atoms with Crippen molar-refractivity contribution in [2.45, 2.75) is 174 Å². The lowest BCUT2D eigenvalue weighted by Gasteiger charge is -2.61. The van der Waals surface area contributed by atoms with Crippen LogP contribution in [-0.2, 0) is 14.2 Å². The van der Waals surface area contributed by atoms with E-state index in [9.17, 15) is 9.59 Å². The van der Waals surface area contributed by atoms with Crippen LogP contribution in [0.5, 0.6) is 0 Å². The Balaban J connectivity index is 0.968. The molecule has 8 heteroatoms. The van der Waals surface area contributed by atoms with E-state index in [1.807, 2.05) is 25.7 Å². The normalized spacial score (nSPS) is 45.1. The quantitative estimate of drug-likeness (QED) is 0.303. The topological polar surface area (TPSA) is 89.1 Å². The second-order valence-corrected chi connectivity index (χ2v) is 19.5. The van der Waals surface area contributed by atoms with Crippen molar-refractivity contribution in [3.63, 3.8) is 0 Å². The van der Waals surface area contributed by atoms with Gasteiger partial charge in [0, 0.05) is 37.5 Å². The summed E-state index contributed by atoms with van der Waals surface area (Å²) in [6.07, 6.45) is 17.8. The Labute approximate surface area is 297 Å². The summed E-state index contributed by atoms with van der Waals surface area (Å²) in [5.74, 6) is 4.43. The number of carbonyl (C=O) groups excluding carboxylic acids is 2. The number of fused-ring (bicyclic) bond motifs is 7. The Morgan fingerprint density at radius 3 is 2.35 bits per heavy atom. The van der Waals surface area contributed by atoms with E-state index >= 15 is 0 Å². The molecule has 278 valence electrons. The number of alkyl carbamates (subject to hydrolysis) is 1. The van der Waals surface area contributed by atoms with Crippen molar-refractivity contribution in [3.8, 4) is 0 Å². The van der Waals surface area contributed by atoms with Gasteiger partial charge >= 0.3 is 12.1 Å². The Morgan fingerprint density at radius 1 is 0.878 bits per heavy atom. The molecule has 7 fully saturated rings. The fraction of sp³-hybridized carbons (Fsp3) is 0.951. The first kappa shape index (κ1) is 35.8. The minimum Gasteiger partial charge on any atom is -0.444 e. The summed E-state index contributed by atoms with van der Waals surface area (Å²) in [6.45, 7) is 17.4. The third-order valence-corrected chi connectivity index (χ3v) is 15.6. The number of hydrogen-bond acceptors (Lipinski definition) is 5. The van der Waals surface area contributed by atoms with Gasteiger partial charge in [0.25, 0.3) is 0 Å². The summed E-state index contributed by atoms with van der Waals surface area (Å²) < 4.78 is 19.0. The van der Waals surface area contributed by atoms with Crippen molar-refractivity contribution in [1.29, 1.82) is 0 Å². The fourth-order valence-corrected chi connectivity index (χ4v) is 13.1. The van der Waals surface area contributed by atoms with Gasteiger partial charge < -0.3 is 29.7 Å². The number of amides is 3. The number of hydrogen-bond donors (Lipinski definition) is 2. The molecule has 5 aliphatic carbocycles. The molecule has 1 spiro atoms. The van der Waals surface area contributed by atoms with Crippen LogP contribution in [0.4, 0.5) is 9.59 Å². The first-order valence-electron chi connectivity index (χ1n) is 20.6. The molecule has 2 heterocycles. The molecule has 12 atom stereocenters. The summed E-state index contributed by atoms with van der Waals surface area (Å²) in [6, 6.07) is 0.542. The van der Waals surface area contributed by atoms with Gasteiger partial charge in [0.05, 0.1) is 12.7 Å². The van der Waals surface area contributed by atoms with Gasteiger partial charge in [-0.15, -0.1) is 0 Å². The highest BCUT2D eigenvalue weighted by atomic mass is 16.7. The van der Waals surface area contributed by atoms with Crippen molar-refractivity contribution < 1.29 is 23.8 Å². The van der Waals surface area contributed by atoms with E-state index in [-0.39, 0.29) is 23.9 Å². The molecule has 2 aliphatic heterocycles. The van der Waals surface area contributed by atoms with Gasteiger partial charge in [0.1, 0.15) is 5.60 Å². The molecule has 49 heavy (non-hydrogen) atoms. The summed E-state index contributed by atoms with van der Waals surface area (Å²) in [5, 5.41) is 6.42. The second-order valence-electron chi connectivity index (χ2n) is 19.5. The van der Waals surface area contributed by atoms with E-state index < -0.39 is 11.7 Å². The van der Waals surface area contributed by atoms with Crippen LogP contribution in [0, 0.1) is 52.3 Å². The van der Waals surface area contributed by atoms with Crippen molar-refractivity contribution in [1.82, 2.24) is 15.5 Å². The molecule has 0 aromatic carbocycles. The van der Waals surface area contributed by atoms with E-state index in [2.05, 4.69) is 38.3 Å². The third-order valence-electron chi connectivity index (χ3n) is 15.6.